The van der Waals surface area contributed by atoms with Crippen LogP contribution in [0.25, 0.3) is 0 Å². The topological polar surface area (TPSA) is 52.7 Å². The Labute approximate surface area is 154 Å². The Morgan fingerprint density at radius 2 is 1.85 bits per heavy atom. The van der Waals surface area contributed by atoms with Gasteiger partial charge in [-0.05, 0) is 57.7 Å². The van der Waals surface area contributed by atoms with Crippen LogP contribution in [0.2, 0.25) is 0 Å². The number of carbonyl (C=O) groups is 2. The third-order valence-corrected chi connectivity index (χ3v) is 5.65. The third kappa shape index (κ3) is 3.90. The van der Waals surface area contributed by atoms with Gasteiger partial charge in [0.1, 0.15) is 5.82 Å². The number of halogens is 1. The highest BCUT2D eigenvalue weighted by atomic mass is 19.1. The first kappa shape index (κ1) is 18.8. The van der Waals surface area contributed by atoms with Crippen LogP contribution in [0.15, 0.2) is 18.2 Å². The van der Waals surface area contributed by atoms with E-state index in [-0.39, 0.29) is 17.5 Å². The van der Waals surface area contributed by atoms with Crippen molar-refractivity contribution in [2.24, 2.45) is 0 Å². The number of rotatable bonds is 3. The fourth-order valence-electron chi connectivity index (χ4n) is 4.44. The van der Waals surface area contributed by atoms with Crippen molar-refractivity contribution in [1.82, 2.24) is 9.80 Å². The number of hydrogen-bond donors (Lipinski definition) is 1. The molecule has 2 heterocycles. The Balaban J connectivity index is 1.74. The first-order valence-electron chi connectivity index (χ1n) is 9.50. The zero-order valence-electron chi connectivity index (χ0n) is 15.8. The summed E-state index contributed by atoms with van der Waals surface area (Å²) in [5, 5.41) is 2.44. The maximum atomic E-state index is 13.8. The Morgan fingerprint density at radius 1 is 1.15 bits per heavy atom. The monoisotopic (exact) mass is 361 g/mol. The summed E-state index contributed by atoms with van der Waals surface area (Å²) in [5.74, 6) is -0.989. The number of likely N-dealkylation sites (tertiary alicyclic amines) is 2. The molecule has 26 heavy (non-hydrogen) atoms. The van der Waals surface area contributed by atoms with Crippen molar-refractivity contribution in [1.29, 1.82) is 0 Å². The minimum absolute atomic E-state index is 0.0543. The van der Waals surface area contributed by atoms with E-state index in [1.165, 1.54) is 38.0 Å². The van der Waals surface area contributed by atoms with E-state index in [4.69, 9.17) is 0 Å². The fraction of sp³-hybridized carbons (Fsp3) is 0.600. The first-order valence-corrected chi connectivity index (χ1v) is 9.50. The molecule has 1 aromatic carbocycles. The van der Waals surface area contributed by atoms with Crippen molar-refractivity contribution >= 4 is 17.5 Å². The molecule has 3 rings (SSSR count). The summed E-state index contributed by atoms with van der Waals surface area (Å²) in [6.45, 7) is 7.29. The zero-order chi connectivity index (χ0) is 18.8. The highest BCUT2D eigenvalue weighted by molar-refractivity contribution is 5.97. The van der Waals surface area contributed by atoms with E-state index in [0.717, 1.165) is 19.4 Å². The molecule has 0 radical (unpaired) electrons. The molecule has 3 atom stereocenters. The van der Waals surface area contributed by atoms with E-state index in [0.29, 0.717) is 30.2 Å². The largest absolute Gasteiger partial charge is 0.337 e. The summed E-state index contributed by atoms with van der Waals surface area (Å²) in [5.41, 5.74) is 0.469. The lowest BCUT2D eigenvalue weighted by Crippen LogP contribution is -2.52. The predicted octanol–water partition coefficient (Wildman–Crippen LogP) is 3.26. The van der Waals surface area contributed by atoms with E-state index in [1.807, 2.05) is 4.90 Å². The van der Waals surface area contributed by atoms with Crippen molar-refractivity contribution < 1.29 is 14.0 Å². The van der Waals surface area contributed by atoms with E-state index in [1.54, 1.807) is 0 Å². The first-order chi connectivity index (χ1) is 12.4. The van der Waals surface area contributed by atoms with E-state index in [9.17, 15) is 14.0 Å². The van der Waals surface area contributed by atoms with Gasteiger partial charge in [0.05, 0.1) is 5.69 Å². The average molecular weight is 361 g/mol. The van der Waals surface area contributed by atoms with Gasteiger partial charge < -0.3 is 10.2 Å². The van der Waals surface area contributed by atoms with Crippen LogP contribution >= 0.6 is 0 Å². The number of anilines is 1. The number of nitrogens with zero attached hydrogens (tertiary/aromatic N) is 2. The summed E-state index contributed by atoms with van der Waals surface area (Å²) < 4.78 is 13.8. The fourth-order valence-corrected chi connectivity index (χ4v) is 4.44. The van der Waals surface area contributed by atoms with Gasteiger partial charge in [0.2, 0.25) is 5.91 Å². The summed E-state index contributed by atoms with van der Waals surface area (Å²) in [6, 6.07) is 5.67. The Kier molecular flexibility index (Phi) is 5.61. The van der Waals surface area contributed by atoms with Crippen LogP contribution in [0, 0.1) is 5.82 Å². The lowest BCUT2D eigenvalue weighted by molar-refractivity contribution is -0.114. The molecule has 2 amide bonds. The lowest BCUT2D eigenvalue weighted by Gasteiger charge is -2.41. The number of amides is 2. The second-order valence-corrected chi connectivity index (χ2v) is 7.65. The molecule has 3 unspecified atom stereocenters. The third-order valence-electron chi connectivity index (χ3n) is 5.65. The van der Waals surface area contributed by atoms with E-state index in [2.05, 4.69) is 24.1 Å². The molecule has 0 aromatic heterocycles. The van der Waals surface area contributed by atoms with Crippen LogP contribution in [0.5, 0.6) is 0 Å². The van der Waals surface area contributed by atoms with Gasteiger partial charge in [-0.3, -0.25) is 14.5 Å². The van der Waals surface area contributed by atoms with Crippen LogP contribution in [0.1, 0.15) is 56.8 Å². The summed E-state index contributed by atoms with van der Waals surface area (Å²) in [4.78, 5) is 28.6. The number of benzene rings is 1. The molecule has 0 saturated carbocycles. The maximum Gasteiger partial charge on any atom is 0.253 e. The molecule has 6 heteroatoms. The maximum absolute atomic E-state index is 13.8. The van der Waals surface area contributed by atoms with Crippen LogP contribution in [-0.2, 0) is 4.79 Å². The summed E-state index contributed by atoms with van der Waals surface area (Å²) in [6.07, 6.45) is 4.51. The standard InChI is InChI=1S/C20H28FN3O2/c1-13-6-7-14(2)24(13)17-5-4-10-23(12-17)20(26)16-8-9-18(21)19(11-16)22-15(3)25/h8-9,11,13-14,17H,4-7,10,12H2,1-3H3,(H,22,25). The Hall–Kier alpha value is -1.95. The van der Waals surface area contributed by atoms with Gasteiger partial charge >= 0.3 is 0 Å². The molecule has 1 N–H and O–H groups in total. The van der Waals surface area contributed by atoms with Crippen LogP contribution < -0.4 is 5.32 Å². The van der Waals surface area contributed by atoms with Crippen LogP contribution in [-0.4, -0.2) is 52.8 Å². The second kappa shape index (κ2) is 7.74. The molecule has 5 nitrogen and oxygen atoms in total. The molecule has 2 saturated heterocycles. The SMILES string of the molecule is CC(=O)Nc1cc(C(=O)N2CCCC(N3C(C)CCC3C)C2)ccc1F. The zero-order valence-corrected chi connectivity index (χ0v) is 15.8. The normalized spacial score (nSPS) is 26.8. The minimum Gasteiger partial charge on any atom is -0.337 e. The van der Waals surface area contributed by atoms with Crippen LogP contribution in [0.3, 0.4) is 0 Å². The molecular formula is C20H28FN3O2. The number of piperidine rings is 1. The van der Waals surface area contributed by atoms with Gasteiger partial charge in [0.15, 0.2) is 0 Å². The molecule has 142 valence electrons. The lowest BCUT2D eigenvalue weighted by atomic mass is 10.0. The molecule has 2 fully saturated rings. The Bertz CT molecular complexity index is 684. The van der Waals surface area contributed by atoms with Gasteiger partial charge in [-0.2, -0.15) is 0 Å². The molecule has 0 spiro atoms. The van der Waals surface area contributed by atoms with E-state index >= 15 is 0 Å². The van der Waals surface area contributed by atoms with Crippen LogP contribution in [0.4, 0.5) is 10.1 Å². The number of hydrogen-bond acceptors (Lipinski definition) is 3. The van der Waals surface area contributed by atoms with Crippen molar-refractivity contribution in [3.8, 4) is 0 Å². The quantitative estimate of drug-likeness (QED) is 0.899. The number of nitrogens with one attached hydrogen (secondary N) is 1. The molecule has 0 aliphatic carbocycles. The Morgan fingerprint density at radius 3 is 2.50 bits per heavy atom. The van der Waals surface area contributed by atoms with Crippen molar-refractivity contribution in [2.45, 2.75) is 64.6 Å². The molecule has 2 aliphatic rings. The molecular weight excluding hydrogens is 333 g/mol. The minimum atomic E-state index is -0.534. The molecule has 1 aromatic rings. The smallest absolute Gasteiger partial charge is 0.253 e. The summed E-state index contributed by atoms with van der Waals surface area (Å²) in [7, 11) is 0. The van der Waals surface area contributed by atoms with Crippen molar-refractivity contribution in [3.63, 3.8) is 0 Å². The predicted molar refractivity (Wildman–Crippen MR) is 99.6 cm³/mol. The molecule has 0 bridgehead atoms. The number of carbonyl (C=O) groups excluding carboxylic acids is 2. The van der Waals surface area contributed by atoms with Gasteiger partial charge in [0, 0.05) is 43.7 Å². The van der Waals surface area contributed by atoms with Crippen molar-refractivity contribution in [2.75, 3.05) is 18.4 Å². The average Bonchev–Trinajstić information content (AvgIpc) is 2.94. The van der Waals surface area contributed by atoms with Crippen molar-refractivity contribution in [3.05, 3.63) is 29.6 Å². The highest BCUT2D eigenvalue weighted by Crippen LogP contribution is 2.30. The van der Waals surface area contributed by atoms with Gasteiger partial charge in [-0.25, -0.2) is 4.39 Å². The highest BCUT2D eigenvalue weighted by Gasteiger charge is 2.36. The van der Waals surface area contributed by atoms with E-state index < -0.39 is 5.82 Å². The second-order valence-electron chi connectivity index (χ2n) is 7.65. The van der Waals surface area contributed by atoms with Gasteiger partial charge in [-0.15, -0.1) is 0 Å². The van der Waals surface area contributed by atoms with Gasteiger partial charge in [0.25, 0.3) is 5.91 Å². The van der Waals surface area contributed by atoms with Gasteiger partial charge in [-0.1, -0.05) is 0 Å². The molecule has 2 aliphatic heterocycles. The summed E-state index contributed by atoms with van der Waals surface area (Å²) >= 11 is 0.